The normalized spacial score (nSPS) is 17.4. The fraction of sp³-hybridized carbons (Fsp3) is 0.179. The second-order valence-electron chi connectivity index (χ2n) is 8.10. The molecule has 3 aromatic carbocycles. The first kappa shape index (κ1) is 20.3. The highest BCUT2D eigenvalue weighted by Crippen LogP contribution is 2.40. The van der Waals surface area contributed by atoms with E-state index < -0.39 is 6.10 Å². The first-order valence-electron chi connectivity index (χ1n) is 10.9. The molecule has 2 heterocycles. The zero-order valence-corrected chi connectivity index (χ0v) is 17.7. The van der Waals surface area contributed by atoms with Gasteiger partial charge in [0.2, 0.25) is 0 Å². The van der Waals surface area contributed by atoms with E-state index in [1.54, 1.807) is 6.20 Å². The molecule has 5 rings (SSSR count). The van der Waals surface area contributed by atoms with Gasteiger partial charge in [-0.15, -0.1) is 0 Å². The Morgan fingerprint density at radius 3 is 2.28 bits per heavy atom. The molecular formula is C28H25NO3. The van der Waals surface area contributed by atoms with Gasteiger partial charge >= 0.3 is 0 Å². The van der Waals surface area contributed by atoms with Crippen LogP contribution in [0, 0.1) is 5.92 Å². The predicted octanol–water partition coefficient (Wildman–Crippen LogP) is 5.53. The molecule has 2 unspecified atom stereocenters. The number of aliphatic hydroxyl groups is 1. The number of nitrogens with zero attached hydrogens (tertiary/aromatic N) is 1. The van der Waals surface area contributed by atoms with Crippen LogP contribution in [0.1, 0.15) is 34.5 Å². The summed E-state index contributed by atoms with van der Waals surface area (Å²) in [5.74, 6) is 1.37. The number of rotatable bonds is 6. The Labute approximate surface area is 188 Å². The summed E-state index contributed by atoms with van der Waals surface area (Å²) in [4.78, 5) is 4.17. The van der Waals surface area contributed by atoms with Gasteiger partial charge in [0, 0.05) is 29.9 Å². The Hall–Kier alpha value is -3.63. The van der Waals surface area contributed by atoms with Crippen molar-refractivity contribution in [2.24, 2.45) is 5.92 Å². The van der Waals surface area contributed by atoms with E-state index in [4.69, 9.17) is 9.47 Å². The smallest absolute Gasteiger partial charge is 0.149 e. The number of ether oxygens (including phenoxy) is 2. The summed E-state index contributed by atoms with van der Waals surface area (Å²) in [5, 5.41) is 11.0. The molecule has 1 N–H and O–H groups in total. The van der Waals surface area contributed by atoms with Crippen molar-refractivity contribution in [3.05, 3.63) is 126 Å². The van der Waals surface area contributed by atoms with Crippen molar-refractivity contribution >= 4 is 0 Å². The molecule has 0 fully saturated rings. The van der Waals surface area contributed by atoms with E-state index in [0.717, 1.165) is 28.7 Å². The minimum atomic E-state index is -0.591. The van der Waals surface area contributed by atoms with Crippen molar-refractivity contribution in [1.82, 2.24) is 4.98 Å². The lowest BCUT2D eigenvalue weighted by Crippen LogP contribution is -2.27. The highest BCUT2D eigenvalue weighted by Gasteiger charge is 2.30. The summed E-state index contributed by atoms with van der Waals surface area (Å²) in [6, 6.07) is 30.0. The van der Waals surface area contributed by atoms with Crippen LogP contribution in [0.2, 0.25) is 0 Å². The van der Waals surface area contributed by atoms with E-state index in [1.807, 2.05) is 72.9 Å². The number of hydrogen-bond acceptors (Lipinski definition) is 4. The molecule has 0 saturated heterocycles. The number of pyridine rings is 1. The Morgan fingerprint density at radius 1 is 0.906 bits per heavy atom. The van der Waals surface area contributed by atoms with Gasteiger partial charge in [-0.05, 0) is 41.3 Å². The van der Waals surface area contributed by atoms with Crippen molar-refractivity contribution < 1.29 is 14.6 Å². The molecule has 0 bridgehead atoms. The second kappa shape index (κ2) is 9.25. The minimum Gasteiger partial charge on any atom is -0.493 e. The molecule has 4 aromatic rings. The highest BCUT2D eigenvalue weighted by atomic mass is 16.5. The van der Waals surface area contributed by atoms with Gasteiger partial charge in [-0.3, -0.25) is 4.98 Å². The van der Waals surface area contributed by atoms with Gasteiger partial charge in [0.15, 0.2) is 0 Å². The maximum atomic E-state index is 11.0. The second-order valence-corrected chi connectivity index (χ2v) is 8.10. The van der Waals surface area contributed by atoms with Crippen LogP contribution < -0.4 is 9.47 Å². The molecule has 32 heavy (non-hydrogen) atoms. The molecule has 160 valence electrons. The number of aliphatic hydroxyl groups excluding tert-OH is 1. The Bertz CT molecular complexity index is 1110. The maximum Gasteiger partial charge on any atom is 0.149 e. The van der Waals surface area contributed by atoms with E-state index >= 15 is 0 Å². The summed E-state index contributed by atoms with van der Waals surface area (Å²) in [7, 11) is 0. The summed E-state index contributed by atoms with van der Waals surface area (Å²) in [6.07, 6.45) is 3.49. The van der Waals surface area contributed by atoms with Crippen LogP contribution in [0.3, 0.4) is 0 Å². The standard InChI is InChI=1S/C28H25NO3/c30-27-23(16-20-8-7-15-29-18-20)19-31-26-17-24(13-14-25(26)27)32-28(21-9-3-1-4-10-21)22-11-5-2-6-12-22/h1-15,17-18,23,27-28,30H,16,19H2. The third kappa shape index (κ3) is 4.36. The molecular weight excluding hydrogens is 398 g/mol. The highest BCUT2D eigenvalue weighted by molar-refractivity contribution is 5.44. The average Bonchev–Trinajstić information content (AvgIpc) is 2.86. The monoisotopic (exact) mass is 423 g/mol. The topological polar surface area (TPSA) is 51.6 Å². The average molecular weight is 424 g/mol. The van der Waals surface area contributed by atoms with Crippen LogP contribution >= 0.6 is 0 Å². The van der Waals surface area contributed by atoms with Gasteiger partial charge in [-0.2, -0.15) is 0 Å². The first-order chi connectivity index (χ1) is 15.8. The molecule has 0 aliphatic carbocycles. The quantitative estimate of drug-likeness (QED) is 0.443. The van der Waals surface area contributed by atoms with Crippen LogP contribution in [0.5, 0.6) is 11.5 Å². The van der Waals surface area contributed by atoms with E-state index in [1.165, 1.54) is 0 Å². The van der Waals surface area contributed by atoms with Crippen LogP contribution in [0.25, 0.3) is 0 Å². The lowest BCUT2D eigenvalue weighted by Gasteiger charge is -2.31. The Kier molecular flexibility index (Phi) is 5.86. The fourth-order valence-corrected chi connectivity index (χ4v) is 4.21. The van der Waals surface area contributed by atoms with Gasteiger partial charge in [0.25, 0.3) is 0 Å². The SMILES string of the molecule is OC1c2ccc(OC(c3ccccc3)c3ccccc3)cc2OCC1Cc1cccnc1. The lowest BCUT2D eigenvalue weighted by atomic mass is 9.88. The summed E-state index contributed by atoms with van der Waals surface area (Å²) >= 11 is 0. The molecule has 4 heteroatoms. The molecule has 0 spiro atoms. The first-order valence-corrected chi connectivity index (χ1v) is 10.9. The van der Waals surface area contributed by atoms with E-state index in [-0.39, 0.29) is 12.0 Å². The van der Waals surface area contributed by atoms with Gasteiger partial charge < -0.3 is 14.6 Å². The molecule has 1 aromatic heterocycles. The van der Waals surface area contributed by atoms with Crippen molar-refractivity contribution in [2.75, 3.05) is 6.61 Å². The van der Waals surface area contributed by atoms with Crippen LogP contribution in [-0.4, -0.2) is 16.7 Å². The third-order valence-electron chi connectivity index (χ3n) is 5.88. The summed E-state index contributed by atoms with van der Waals surface area (Å²) < 4.78 is 12.5. The number of aromatic nitrogens is 1. The van der Waals surface area contributed by atoms with Crippen molar-refractivity contribution in [1.29, 1.82) is 0 Å². The van der Waals surface area contributed by atoms with Gasteiger partial charge in [-0.25, -0.2) is 0 Å². The Morgan fingerprint density at radius 2 is 1.62 bits per heavy atom. The fourth-order valence-electron chi connectivity index (χ4n) is 4.21. The largest absolute Gasteiger partial charge is 0.493 e. The maximum absolute atomic E-state index is 11.0. The molecule has 1 aliphatic heterocycles. The zero-order chi connectivity index (χ0) is 21.8. The third-order valence-corrected chi connectivity index (χ3v) is 5.88. The molecule has 0 radical (unpaired) electrons. The molecule has 2 atom stereocenters. The van der Waals surface area contributed by atoms with Crippen LogP contribution in [0.15, 0.2) is 103 Å². The number of fused-ring (bicyclic) bond motifs is 1. The molecule has 0 amide bonds. The van der Waals surface area contributed by atoms with Crippen LogP contribution in [-0.2, 0) is 6.42 Å². The van der Waals surface area contributed by atoms with E-state index in [9.17, 15) is 5.11 Å². The number of hydrogen-bond donors (Lipinski definition) is 1. The summed E-state index contributed by atoms with van der Waals surface area (Å²) in [5.41, 5.74) is 4.05. The van der Waals surface area contributed by atoms with E-state index in [0.29, 0.717) is 18.1 Å². The van der Waals surface area contributed by atoms with Gasteiger partial charge in [-0.1, -0.05) is 66.7 Å². The van der Waals surface area contributed by atoms with Gasteiger partial charge in [0.1, 0.15) is 17.6 Å². The van der Waals surface area contributed by atoms with Gasteiger partial charge in [0.05, 0.1) is 12.7 Å². The summed E-state index contributed by atoms with van der Waals surface area (Å²) in [6.45, 7) is 0.452. The molecule has 4 nitrogen and oxygen atoms in total. The Balaban J connectivity index is 1.38. The van der Waals surface area contributed by atoms with E-state index in [2.05, 4.69) is 29.2 Å². The lowest BCUT2D eigenvalue weighted by molar-refractivity contribution is 0.0504. The predicted molar refractivity (Wildman–Crippen MR) is 124 cm³/mol. The molecule has 0 saturated carbocycles. The molecule has 1 aliphatic rings. The van der Waals surface area contributed by atoms with Crippen molar-refractivity contribution in [2.45, 2.75) is 18.6 Å². The zero-order valence-electron chi connectivity index (χ0n) is 17.7. The number of benzene rings is 3. The van der Waals surface area contributed by atoms with Crippen LogP contribution in [0.4, 0.5) is 0 Å². The van der Waals surface area contributed by atoms with Crippen molar-refractivity contribution in [3.63, 3.8) is 0 Å². The van der Waals surface area contributed by atoms with Crippen molar-refractivity contribution in [3.8, 4) is 11.5 Å². The minimum absolute atomic E-state index is 0.0140.